The maximum absolute atomic E-state index is 6.04. The van der Waals surface area contributed by atoms with Gasteiger partial charge in [-0.15, -0.1) is 0 Å². The summed E-state index contributed by atoms with van der Waals surface area (Å²) in [7, 11) is 0. The average Bonchev–Trinajstić information content (AvgIpc) is 2.87. The molecular weight excluding hydrogens is 312 g/mol. The van der Waals surface area contributed by atoms with E-state index in [1.165, 1.54) is 11.8 Å². The minimum atomic E-state index is -1.20. The molecule has 112 valence electrons. The molecule has 4 heterocycles. The second-order valence-corrected chi connectivity index (χ2v) is 6.42. The molecule has 0 saturated carbocycles. The monoisotopic (exact) mass is 326 g/mol. The molecule has 1 aromatic rings. The van der Waals surface area contributed by atoms with Crippen molar-refractivity contribution in [3.05, 3.63) is 35.9 Å². The second-order valence-electron chi connectivity index (χ2n) is 5.01. The van der Waals surface area contributed by atoms with Crippen LogP contribution in [-0.2, 0) is 29.7 Å². The maximum Gasteiger partial charge on any atom is 0.315 e. The predicted molar refractivity (Wildman–Crippen MR) is 79.7 cm³/mol. The Kier molecular flexibility index (Phi) is 3.44. The molecule has 1 unspecified atom stereocenters. The van der Waals surface area contributed by atoms with Crippen molar-refractivity contribution < 1.29 is 23.7 Å². The van der Waals surface area contributed by atoms with Crippen LogP contribution in [-0.4, -0.2) is 41.8 Å². The number of ether oxygens (including phenoxy) is 5. The normalized spacial score (nSPS) is 40.2. The fourth-order valence-corrected chi connectivity index (χ4v) is 3.15. The molecule has 21 heavy (non-hydrogen) atoms. The Morgan fingerprint density at radius 1 is 1.33 bits per heavy atom. The summed E-state index contributed by atoms with van der Waals surface area (Å²) in [5.74, 6) is -1.20. The number of hydrogen-bond acceptors (Lipinski definition) is 7. The van der Waals surface area contributed by atoms with Crippen LogP contribution in [0.15, 0.2) is 30.3 Å². The third kappa shape index (κ3) is 2.19. The molecule has 0 N–H and O–H groups in total. The number of rotatable bonds is 2. The van der Waals surface area contributed by atoms with Gasteiger partial charge in [-0.2, -0.15) is 0 Å². The third-order valence-corrected chi connectivity index (χ3v) is 4.82. The van der Waals surface area contributed by atoms with E-state index in [9.17, 15) is 0 Å². The summed E-state index contributed by atoms with van der Waals surface area (Å²) >= 11 is 6.52. The Hall–Kier alpha value is -0.700. The molecule has 4 fully saturated rings. The van der Waals surface area contributed by atoms with E-state index in [-0.39, 0.29) is 18.3 Å². The molecule has 0 aromatic heterocycles. The third-order valence-electron chi connectivity index (χ3n) is 3.79. The molecule has 1 aromatic carbocycles. The van der Waals surface area contributed by atoms with Gasteiger partial charge < -0.3 is 18.9 Å². The van der Waals surface area contributed by atoms with Crippen LogP contribution in [0.3, 0.4) is 0 Å². The van der Waals surface area contributed by atoms with Gasteiger partial charge in [0.1, 0.15) is 6.10 Å². The highest BCUT2D eigenvalue weighted by molar-refractivity contribution is 8.22. The summed E-state index contributed by atoms with van der Waals surface area (Å²) in [6.45, 7) is 0.337. The van der Waals surface area contributed by atoms with E-state index < -0.39 is 12.3 Å². The molecule has 4 aliphatic rings. The Balaban J connectivity index is 1.63. The van der Waals surface area contributed by atoms with Crippen LogP contribution >= 0.6 is 24.0 Å². The fraction of sp³-hybridized carbons (Fsp3) is 0.500. The van der Waals surface area contributed by atoms with Crippen LogP contribution in [0.4, 0.5) is 0 Å². The zero-order chi connectivity index (χ0) is 14.4. The summed E-state index contributed by atoms with van der Waals surface area (Å²) in [5.41, 5.74) is 0.815. The quantitative estimate of drug-likeness (QED) is 0.770. The van der Waals surface area contributed by atoms with Crippen molar-refractivity contribution in [1.82, 2.24) is 0 Å². The minimum Gasteiger partial charge on any atom is -0.469 e. The lowest BCUT2D eigenvalue weighted by Gasteiger charge is -2.25. The summed E-state index contributed by atoms with van der Waals surface area (Å²) < 4.78 is 29.9. The Labute approximate surface area is 131 Å². The Morgan fingerprint density at radius 2 is 2.14 bits per heavy atom. The van der Waals surface area contributed by atoms with Gasteiger partial charge in [0.05, 0.1) is 6.61 Å². The molecule has 4 bridgehead atoms. The van der Waals surface area contributed by atoms with Gasteiger partial charge in [-0.1, -0.05) is 42.1 Å². The van der Waals surface area contributed by atoms with Crippen molar-refractivity contribution in [2.75, 3.05) is 12.9 Å². The second kappa shape index (κ2) is 5.19. The standard InChI is InChI=1S/C14H14O5S2/c1-21-13(20)17-10-9-7-15-14(8-5-3-2-4-6-8)18-11(10)12(16-9)19-14/h2-6,9-12H,7H2,1H3/t9-,10-,11+,12+,14?/m0/s1. The van der Waals surface area contributed by atoms with Crippen molar-refractivity contribution >= 4 is 28.4 Å². The van der Waals surface area contributed by atoms with Crippen molar-refractivity contribution in [2.24, 2.45) is 0 Å². The summed E-state index contributed by atoms with van der Waals surface area (Å²) in [5, 5.41) is 0. The summed E-state index contributed by atoms with van der Waals surface area (Å²) in [6.07, 6.45) is 0.498. The molecular formula is C14H14O5S2. The highest BCUT2D eigenvalue weighted by Crippen LogP contribution is 2.48. The number of fused-ring (bicyclic) bond motifs is 1. The SMILES string of the molecule is CSC(=S)O[C@@H]1[C@H]2OC3(c4ccccc4)OC[C@@H]1O[C@@H]2O3. The van der Waals surface area contributed by atoms with Gasteiger partial charge in [-0.25, -0.2) is 0 Å². The zero-order valence-corrected chi connectivity index (χ0v) is 12.9. The molecule has 0 radical (unpaired) electrons. The van der Waals surface area contributed by atoms with Gasteiger partial charge >= 0.3 is 5.97 Å². The van der Waals surface area contributed by atoms with E-state index in [0.717, 1.165) is 5.56 Å². The Bertz CT molecular complexity index is 554. The molecule has 0 spiro atoms. The van der Waals surface area contributed by atoms with Crippen molar-refractivity contribution in [1.29, 1.82) is 0 Å². The van der Waals surface area contributed by atoms with Crippen LogP contribution in [0.5, 0.6) is 0 Å². The lowest BCUT2D eigenvalue weighted by atomic mass is 10.1. The van der Waals surface area contributed by atoms with Gasteiger partial charge in [-0.05, 0) is 18.5 Å². The van der Waals surface area contributed by atoms with Crippen molar-refractivity contribution in [3.63, 3.8) is 0 Å². The van der Waals surface area contributed by atoms with Gasteiger partial charge in [0, 0.05) is 5.56 Å². The largest absolute Gasteiger partial charge is 0.469 e. The van der Waals surface area contributed by atoms with E-state index in [1.807, 2.05) is 36.6 Å². The Morgan fingerprint density at radius 3 is 2.90 bits per heavy atom. The lowest BCUT2D eigenvalue weighted by Crippen LogP contribution is -2.36. The van der Waals surface area contributed by atoms with E-state index in [1.54, 1.807) is 0 Å². The van der Waals surface area contributed by atoms with E-state index >= 15 is 0 Å². The first-order chi connectivity index (χ1) is 10.2. The van der Waals surface area contributed by atoms with Gasteiger partial charge in [0.15, 0.2) is 18.5 Å². The maximum atomic E-state index is 6.04. The molecule has 5 atom stereocenters. The zero-order valence-electron chi connectivity index (χ0n) is 11.3. The summed E-state index contributed by atoms with van der Waals surface area (Å²) in [4.78, 5) is 0. The van der Waals surface area contributed by atoms with Crippen LogP contribution in [0, 0.1) is 0 Å². The van der Waals surface area contributed by atoms with Gasteiger partial charge in [0.2, 0.25) is 4.38 Å². The number of thioether (sulfide) groups is 1. The molecule has 0 aliphatic carbocycles. The molecule has 5 rings (SSSR count). The first-order valence-electron chi connectivity index (χ1n) is 6.67. The summed E-state index contributed by atoms with van der Waals surface area (Å²) in [6, 6.07) is 9.59. The van der Waals surface area contributed by atoms with Crippen molar-refractivity contribution in [2.45, 2.75) is 30.6 Å². The number of benzene rings is 1. The average molecular weight is 326 g/mol. The van der Waals surface area contributed by atoms with E-state index in [4.69, 9.17) is 35.9 Å². The lowest BCUT2D eigenvalue weighted by molar-refractivity contribution is -0.349. The fourth-order valence-electron chi connectivity index (χ4n) is 2.83. The first kappa shape index (κ1) is 13.9. The number of thiocarbonyl (C=S) groups is 1. The topological polar surface area (TPSA) is 46.2 Å². The molecule has 0 amide bonds. The van der Waals surface area contributed by atoms with Crippen molar-refractivity contribution in [3.8, 4) is 0 Å². The molecule has 7 heteroatoms. The van der Waals surface area contributed by atoms with Crippen LogP contribution < -0.4 is 0 Å². The van der Waals surface area contributed by atoms with Crippen LogP contribution in [0.1, 0.15) is 5.56 Å². The molecule has 5 nitrogen and oxygen atoms in total. The van der Waals surface area contributed by atoms with Crippen LogP contribution in [0.2, 0.25) is 0 Å². The highest BCUT2D eigenvalue weighted by atomic mass is 32.2. The van der Waals surface area contributed by atoms with E-state index in [0.29, 0.717) is 11.0 Å². The molecule has 4 aliphatic heterocycles. The smallest absolute Gasteiger partial charge is 0.315 e. The minimum absolute atomic E-state index is 0.238. The van der Waals surface area contributed by atoms with E-state index in [2.05, 4.69) is 0 Å². The predicted octanol–water partition coefficient (Wildman–Crippen LogP) is 2.00. The first-order valence-corrected chi connectivity index (χ1v) is 8.30. The van der Waals surface area contributed by atoms with Crippen LogP contribution in [0.25, 0.3) is 0 Å². The van der Waals surface area contributed by atoms with Gasteiger partial charge in [-0.3, -0.25) is 4.74 Å². The van der Waals surface area contributed by atoms with Gasteiger partial charge in [0.25, 0.3) is 0 Å². The number of hydrogen-bond donors (Lipinski definition) is 0. The highest BCUT2D eigenvalue weighted by Gasteiger charge is 2.64. The molecule has 4 saturated heterocycles.